The molecule has 156 valence electrons. The molecule has 1 fully saturated rings. The maximum absolute atomic E-state index is 13.0. The number of aromatic nitrogens is 2. The van der Waals surface area contributed by atoms with E-state index in [2.05, 4.69) is 15.3 Å². The molecule has 0 spiro atoms. The van der Waals surface area contributed by atoms with E-state index in [0.29, 0.717) is 23.9 Å². The van der Waals surface area contributed by atoms with Crippen LogP contribution in [0.4, 0.5) is 5.13 Å². The Morgan fingerprint density at radius 1 is 1.23 bits per heavy atom. The second-order valence-electron chi connectivity index (χ2n) is 6.71. The van der Waals surface area contributed by atoms with Crippen LogP contribution >= 0.6 is 11.3 Å². The number of sulfonamides is 1. The first-order valence-corrected chi connectivity index (χ1v) is 11.7. The third-order valence-corrected chi connectivity index (χ3v) is 7.47. The lowest BCUT2D eigenvalue weighted by Gasteiger charge is -2.18. The van der Waals surface area contributed by atoms with Gasteiger partial charge in [-0.1, -0.05) is 0 Å². The van der Waals surface area contributed by atoms with Crippen molar-refractivity contribution in [3.05, 3.63) is 53.7 Å². The highest BCUT2D eigenvalue weighted by Crippen LogP contribution is 2.30. The molecule has 1 aliphatic rings. The number of methoxy groups -OCH3 is 1. The van der Waals surface area contributed by atoms with Crippen LogP contribution in [0.25, 0.3) is 11.3 Å². The third-order valence-electron chi connectivity index (χ3n) is 4.79. The average Bonchev–Trinajstić information content (AvgIpc) is 3.46. The molecule has 10 heteroatoms. The Balaban J connectivity index is 1.58. The first kappa shape index (κ1) is 20.5. The summed E-state index contributed by atoms with van der Waals surface area (Å²) in [6.45, 7) is 0.941. The van der Waals surface area contributed by atoms with Gasteiger partial charge in [0, 0.05) is 42.0 Å². The zero-order chi connectivity index (χ0) is 21.1. The van der Waals surface area contributed by atoms with E-state index in [1.165, 1.54) is 41.0 Å². The molecule has 1 amide bonds. The fourth-order valence-corrected chi connectivity index (χ4v) is 5.65. The molecule has 2 aromatic heterocycles. The third kappa shape index (κ3) is 4.07. The van der Waals surface area contributed by atoms with Gasteiger partial charge in [-0.2, -0.15) is 4.31 Å². The summed E-state index contributed by atoms with van der Waals surface area (Å²) in [7, 11) is -2.32. The number of ether oxygens (including phenoxy) is 1. The van der Waals surface area contributed by atoms with Gasteiger partial charge in [-0.05, 0) is 43.2 Å². The Bertz CT molecular complexity index is 1160. The zero-order valence-corrected chi connectivity index (χ0v) is 17.9. The van der Waals surface area contributed by atoms with Crippen LogP contribution in [0, 0.1) is 0 Å². The number of nitrogens with zero attached hydrogens (tertiary/aromatic N) is 3. The number of benzene rings is 1. The van der Waals surface area contributed by atoms with Crippen LogP contribution < -0.4 is 10.1 Å². The second-order valence-corrected chi connectivity index (χ2v) is 9.48. The maximum Gasteiger partial charge on any atom is 0.257 e. The SMILES string of the molecule is COc1ccc(C(=O)Nc2nc(-c3cccnc3)cs2)cc1S(=O)(=O)N1CCCC1. The van der Waals surface area contributed by atoms with E-state index < -0.39 is 15.9 Å². The molecule has 0 radical (unpaired) electrons. The Labute approximate surface area is 178 Å². The molecule has 0 saturated carbocycles. The number of carbonyl (C=O) groups excluding carboxylic acids is 1. The highest BCUT2D eigenvalue weighted by atomic mass is 32.2. The number of carbonyl (C=O) groups is 1. The largest absolute Gasteiger partial charge is 0.495 e. The number of thiazole rings is 1. The van der Waals surface area contributed by atoms with E-state index in [1.807, 2.05) is 17.5 Å². The number of nitrogens with one attached hydrogen (secondary N) is 1. The fraction of sp³-hybridized carbons (Fsp3) is 0.250. The number of amides is 1. The molecule has 30 heavy (non-hydrogen) atoms. The lowest BCUT2D eigenvalue weighted by molar-refractivity contribution is 0.102. The molecule has 8 nitrogen and oxygen atoms in total. The summed E-state index contributed by atoms with van der Waals surface area (Å²) in [6, 6.07) is 8.09. The summed E-state index contributed by atoms with van der Waals surface area (Å²) in [5, 5.41) is 4.97. The average molecular weight is 445 g/mol. The molecule has 3 heterocycles. The Hall–Kier alpha value is -2.82. The van der Waals surface area contributed by atoms with Crippen LogP contribution in [0.2, 0.25) is 0 Å². The molecular weight excluding hydrogens is 424 g/mol. The van der Waals surface area contributed by atoms with E-state index in [9.17, 15) is 13.2 Å². The number of hydrogen-bond donors (Lipinski definition) is 1. The summed E-state index contributed by atoms with van der Waals surface area (Å²) < 4.78 is 32.7. The number of hydrogen-bond acceptors (Lipinski definition) is 7. The zero-order valence-electron chi connectivity index (χ0n) is 16.2. The molecule has 1 aliphatic heterocycles. The Morgan fingerprint density at radius 2 is 2.03 bits per heavy atom. The maximum atomic E-state index is 13.0. The molecule has 0 bridgehead atoms. The topological polar surface area (TPSA) is 101 Å². The molecular formula is C20H20N4O4S2. The predicted octanol–water partition coefficient (Wildman–Crippen LogP) is 3.25. The summed E-state index contributed by atoms with van der Waals surface area (Å²) >= 11 is 1.28. The first-order chi connectivity index (χ1) is 14.5. The summed E-state index contributed by atoms with van der Waals surface area (Å²) in [4.78, 5) is 21.2. The lowest BCUT2D eigenvalue weighted by Crippen LogP contribution is -2.28. The summed E-state index contributed by atoms with van der Waals surface area (Å²) in [5.41, 5.74) is 1.76. The lowest BCUT2D eigenvalue weighted by atomic mass is 10.2. The summed E-state index contributed by atoms with van der Waals surface area (Å²) in [6.07, 6.45) is 5.02. The highest BCUT2D eigenvalue weighted by molar-refractivity contribution is 7.89. The standard InChI is InChI=1S/C20H20N4O4S2/c1-28-17-7-6-14(11-18(17)30(26,27)24-9-2-3-10-24)19(25)23-20-22-16(13-29-20)15-5-4-8-21-12-15/h4-8,11-13H,2-3,9-10H2,1H3,(H,22,23,25). The van der Waals surface area contributed by atoms with Gasteiger partial charge in [0.05, 0.1) is 12.8 Å². The van der Waals surface area contributed by atoms with Gasteiger partial charge in [0.15, 0.2) is 5.13 Å². The minimum atomic E-state index is -3.73. The van der Waals surface area contributed by atoms with Crippen molar-refractivity contribution < 1.29 is 17.9 Å². The van der Waals surface area contributed by atoms with Crippen molar-refractivity contribution in [3.8, 4) is 17.0 Å². The van der Waals surface area contributed by atoms with Crippen LogP contribution in [0.3, 0.4) is 0 Å². The van der Waals surface area contributed by atoms with E-state index in [0.717, 1.165) is 18.4 Å². The van der Waals surface area contributed by atoms with Crippen LogP contribution in [-0.4, -0.2) is 48.8 Å². The van der Waals surface area contributed by atoms with Crippen LogP contribution in [0.1, 0.15) is 23.2 Å². The number of pyridine rings is 1. The van der Waals surface area contributed by atoms with Gasteiger partial charge in [-0.25, -0.2) is 13.4 Å². The van der Waals surface area contributed by atoms with Gasteiger partial charge in [0.2, 0.25) is 10.0 Å². The predicted molar refractivity (Wildman–Crippen MR) is 114 cm³/mol. The van der Waals surface area contributed by atoms with Gasteiger partial charge in [-0.15, -0.1) is 11.3 Å². The van der Waals surface area contributed by atoms with Gasteiger partial charge in [0.1, 0.15) is 10.6 Å². The highest BCUT2D eigenvalue weighted by Gasteiger charge is 2.30. The fourth-order valence-electron chi connectivity index (χ4n) is 3.23. The Kier molecular flexibility index (Phi) is 5.80. The van der Waals surface area contributed by atoms with Crippen molar-refractivity contribution in [2.45, 2.75) is 17.7 Å². The molecule has 0 aliphatic carbocycles. The first-order valence-electron chi connectivity index (χ1n) is 9.34. The number of rotatable bonds is 6. The van der Waals surface area contributed by atoms with Gasteiger partial charge in [-0.3, -0.25) is 15.1 Å². The van der Waals surface area contributed by atoms with Gasteiger partial charge >= 0.3 is 0 Å². The van der Waals surface area contributed by atoms with E-state index in [-0.39, 0.29) is 16.2 Å². The molecule has 0 atom stereocenters. The van der Waals surface area contributed by atoms with Gasteiger partial charge in [0.25, 0.3) is 5.91 Å². The van der Waals surface area contributed by atoms with Crippen molar-refractivity contribution in [1.82, 2.24) is 14.3 Å². The molecule has 4 rings (SSSR count). The molecule has 1 aromatic carbocycles. The summed E-state index contributed by atoms with van der Waals surface area (Å²) in [5.74, 6) is -0.228. The van der Waals surface area contributed by atoms with E-state index in [4.69, 9.17) is 4.74 Å². The molecule has 0 unspecified atom stereocenters. The second kappa shape index (κ2) is 8.50. The minimum absolute atomic E-state index is 0.00487. The van der Waals surface area contributed by atoms with Crippen molar-refractivity contribution in [2.24, 2.45) is 0 Å². The monoisotopic (exact) mass is 444 g/mol. The molecule has 3 aromatic rings. The van der Waals surface area contributed by atoms with Gasteiger partial charge < -0.3 is 4.74 Å². The van der Waals surface area contributed by atoms with Crippen molar-refractivity contribution in [2.75, 3.05) is 25.5 Å². The van der Waals surface area contributed by atoms with Crippen molar-refractivity contribution in [1.29, 1.82) is 0 Å². The normalized spacial score (nSPS) is 14.6. The smallest absolute Gasteiger partial charge is 0.257 e. The van der Waals surface area contributed by atoms with E-state index in [1.54, 1.807) is 12.4 Å². The van der Waals surface area contributed by atoms with Crippen molar-refractivity contribution >= 4 is 32.4 Å². The van der Waals surface area contributed by atoms with Crippen LogP contribution in [0.15, 0.2) is 53.0 Å². The van der Waals surface area contributed by atoms with Crippen molar-refractivity contribution in [3.63, 3.8) is 0 Å². The molecule has 1 saturated heterocycles. The van der Waals surface area contributed by atoms with Crippen LogP contribution in [-0.2, 0) is 10.0 Å². The minimum Gasteiger partial charge on any atom is -0.495 e. The molecule has 1 N–H and O–H groups in total. The van der Waals surface area contributed by atoms with Crippen LogP contribution in [0.5, 0.6) is 5.75 Å². The number of anilines is 1. The Morgan fingerprint density at radius 3 is 2.73 bits per heavy atom. The van der Waals surface area contributed by atoms with E-state index >= 15 is 0 Å². The quantitative estimate of drug-likeness (QED) is 0.626.